The van der Waals surface area contributed by atoms with Crippen molar-refractivity contribution >= 4 is 11.3 Å². The van der Waals surface area contributed by atoms with E-state index in [9.17, 15) is 0 Å². The van der Waals surface area contributed by atoms with Crippen LogP contribution in [-0.2, 0) is 0 Å². The highest BCUT2D eigenvalue weighted by atomic mass is 15.2. The van der Waals surface area contributed by atoms with Gasteiger partial charge in [0.1, 0.15) is 5.82 Å². The Morgan fingerprint density at radius 3 is 2.67 bits per heavy atom. The fraction of sp³-hybridized carbons (Fsp3) is 0.400. The van der Waals surface area contributed by atoms with Crippen LogP contribution in [0, 0.1) is 0 Å². The van der Waals surface area contributed by atoms with Gasteiger partial charge in [0.2, 0.25) is 0 Å². The van der Waals surface area contributed by atoms with E-state index < -0.39 is 0 Å². The zero-order valence-corrected chi connectivity index (χ0v) is 14.4. The van der Waals surface area contributed by atoms with Crippen molar-refractivity contribution in [1.82, 2.24) is 14.6 Å². The van der Waals surface area contributed by atoms with Crippen LogP contribution in [0.15, 0.2) is 42.7 Å². The maximum atomic E-state index is 4.77. The highest BCUT2D eigenvalue weighted by Crippen LogP contribution is 2.33. The van der Waals surface area contributed by atoms with Gasteiger partial charge in [-0.1, -0.05) is 32.8 Å². The monoisotopic (exact) mass is 320 g/mol. The molecule has 4 nitrogen and oxygen atoms in total. The molecule has 0 saturated heterocycles. The minimum absolute atomic E-state index is 0.371. The summed E-state index contributed by atoms with van der Waals surface area (Å²) < 4.78 is 1.97. The molecule has 0 radical (unpaired) electrons. The lowest BCUT2D eigenvalue weighted by molar-refractivity contribution is 0.750. The molecular formula is C20H24N4. The van der Waals surface area contributed by atoms with Crippen molar-refractivity contribution < 1.29 is 0 Å². The molecule has 1 aliphatic rings. The van der Waals surface area contributed by atoms with E-state index in [0.717, 1.165) is 22.6 Å². The summed E-state index contributed by atoms with van der Waals surface area (Å²) in [5, 5.41) is 8.32. The lowest BCUT2D eigenvalue weighted by atomic mass is 9.99. The van der Waals surface area contributed by atoms with Crippen LogP contribution in [0.2, 0.25) is 0 Å². The number of fused-ring (bicyclic) bond motifs is 1. The molecule has 24 heavy (non-hydrogen) atoms. The normalized spacial score (nSPS) is 15.5. The van der Waals surface area contributed by atoms with Gasteiger partial charge in [0.05, 0.1) is 11.2 Å². The molecule has 1 aliphatic carbocycles. The average Bonchev–Trinajstić information content (AvgIpc) is 3.23. The minimum Gasteiger partial charge on any atom is -0.367 e. The van der Waals surface area contributed by atoms with Crippen LogP contribution in [-0.4, -0.2) is 20.6 Å². The minimum atomic E-state index is 0.371. The SMILES string of the molecule is CC(C)c1nn2ccccc2c1-c1ccc(NC2CCCC2)nc1. The van der Waals surface area contributed by atoms with Gasteiger partial charge in [-0.3, -0.25) is 0 Å². The molecular weight excluding hydrogens is 296 g/mol. The van der Waals surface area contributed by atoms with Crippen molar-refractivity contribution in [2.24, 2.45) is 0 Å². The molecule has 0 amide bonds. The first-order valence-electron chi connectivity index (χ1n) is 8.92. The van der Waals surface area contributed by atoms with Gasteiger partial charge in [0, 0.05) is 29.6 Å². The number of rotatable bonds is 4. The van der Waals surface area contributed by atoms with E-state index in [-0.39, 0.29) is 0 Å². The molecule has 0 unspecified atom stereocenters. The summed E-state index contributed by atoms with van der Waals surface area (Å²) in [4.78, 5) is 4.66. The van der Waals surface area contributed by atoms with E-state index in [4.69, 9.17) is 5.10 Å². The molecule has 0 aliphatic heterocycles. The van der Waals surface area contributed by atoms with Crippen molar-refractivity contribution in [2.45, 2.75) is 51.5 Å². The molecule has 4 heteroatoms. The summed E-state index contributed by atoms with van der Waals surface area (Å²) >= 11 is 0. The predicted octanol–water partition coefficient (Wildman–Crippen LogP) is 4.87. The molecule has 4 rings (SSSR count). The Kier molecular flexibility index (Phi) is 3.97. The van der Waals surface area contributed by atoms with Crippen molar-refractivity contribution in [3.63, 3.8) is 0 Å². The van der Waals surface area contributed by atoms with E-state index in [1.165, 1.54) is 31.2 Å². The van der Waals surface area contributed by atoms with E-state index >= 15 is 0 Å². The van der Waals surface area contributed by atoms with E-state index in [1.54, 1.807) is 0 Å². The summed E-state index contributed by atoms with van der Waals surface area (Å²) in [5.74, 6) is 1.35. The third kappa shape index (κ3) is 2.77. The second kappa shape index (κ2) is 6.27. The van der Waals surface area contributed by atoms with Gasteiger partial charge in [0.25, 0.3) is 0 Å². The van der Waals surface area contributed by atoms with E-state index in [0.29, 0.717) is 12.0 Å². The van der Waals surface area contributed by atoms with Gasteiger partial charge in [-0.25, -0.2) is 9.50 Å². The first-order chi connectivity index (χ1) is 11.7. The highest BCUT2D eigenvalue weighted by Gasteiger charge is 2.18. The lowest BCUT2D eigenvalue weighted by Gasteiger charge is -2.13. The van der Waals surface area contributed by atoms with Crippen LogP contribution in [0.25, 0.3) is 16.6 Å². The largest absolute Gasteiger partial charge is 0.367 e. The Hall–Kier alpha value is -2.36. The Labute approximate surface area is 142 Å². The molecule has 1 saturated carbocycles. The van der Waals surface area contributed by atoms with Crippen LogP contribution >= 0.6 is 0 Å². The number of aromatic nitrogens is 3. The van der Waals surface area contributed by atoms with Gasteiger partial charge in [-0.2, -0.15) is 5.10 Å². The second-order valence-electron chi connectivity index (χ2n) is 7.00. The van der Waals surface area contributed by atoms with Gasteiger partial charge < -0.3 is 5.32 Å². The lowest BCUT2D eigenvalue weighted by Crippen LogP contribution is -2.15. The van der Waals surface area contributed by atoms with E-state index in [1.807, 2.05) is 23.0 Å². The molecule has 1 N–H and O–H groups in total. The molecule has 0 atom stereocenters. The molecule has 0 spiro atoms. The molecule has 3 aromatic heterocycles. The van der Waals surface area contributed by atoms with Gasteiger partial charge in [-0.15, -0.1) is 0 Å². The molecule has 1 fully saturated rings. The van der Waals surface area contributed by atoms with Gasteiger partial charge in [-0.05, 0) is 43.0 Å². The molecule has 124 valence electrons. The second-order valence-corrected chi connectivity index (χ2v) is 7.00. The molecule has 3 aromatic rings. The maximum absolute atomic E-state index is 4.77. The van der Waals surface area contributed by atoms with E-state index in [2.05, 4.69) is 48.4 Å². The summed E-state index contributed by atoms with van der Waals surface area (Å²) in [5.41, 5.74) is 4.60. The molecule has 0 bridgehead atoms. The van der Waals surface area contributed by atoms with Crippen molar-refractivity contribution in [1.29, 1.82) is 0 Å². The molecule has 0 aromatic carbocycles. The van der Waals surface area contributed by atoms with Gasteiger partial charge >= 0.3 is 0 Å². The third-order valence-corrected chi connectivity index (χ3v) is 4.87. The summed E-state index contributed by atoms with van der Waals surface area (Å²) in [6.45, 7) is 4.38. The quantitative estimate of drug-likeness (QED) is 0.745. The number of hydrogen-bond donors (Lipinski definition) is 1. The summed E-state index contributed by atoms with van der Waals surface area (Å²) in [6, 6.07) is 11.1. The first-order valence-corrected chi connectivity index (χ1v) is 8.92. The number of nitrogens with one attached hydrogen (secondary N) is 1. The van der Waals surface area contributed by atoms with Crippen molar-refractivity contribution in [2.75, 3.05) is 5.32 Å². The summed E-state index contributed by atoms with van der Waals surface area (Å²) in [7, 11) is 0. The Balaban J connectivity index is 1.70. The zero-order chi connectivity index (χ0) is 16.5. The highest BCUT2D eigenvalue weighted by molar-refractivity contribution is 5.82. The van der Waals surface area contributed by atoms with Gasteiger partial charge in [0.15, 0.2) is 0 Å². The fourth-order valence-corrected chi connectivity index (χ4v) is 3.62. The Bertz CT molecular complexity index is 826. The topological polar surface area (TPSA) is 42.2 Å². The predicted molar refractivity (Wildman–Crippen MR) is 98.4 cm³/mol. The van der Waals surface area contributed by atoms with Crippen LogP contribution < -0.4 is 5.32 Å². The van der Waals surface area contributed by atoms with Crippen molar-refractivity contribution in [3.05, 3.63) is 48.4 Å². The van der Waals surface area contributed by atoms with Crippen LogP contribution in [0.4, 0.5) is 5.82 Å². The Morgan fingerprint density at radius 2 is 1.96 bits per heavy atom. The number of hydrogen-bond acceptors (Lipinski definition) is 3. The number of pyridine rings is 2. The fourth-order valence-electron chi connectivity index (χ4n) is 3.62. The summed E-state index contributed by atoms with van der Waals surface area (Å²) in [6.07, 6.45) is 9.16. The number of nitrogens with zero attached hydrogens (tertiary/aromatic N) is 3. The standard InChI is InChI=1S/C20H24N4/c1-14(2)20-19(17-9-5-6-12-24(17)23-20)15-10-11-18(21-13-15)22-16-7-3-4-8-16/h5-6,9-14,16H,3-4,7-8H2,1-2H3,(H,21,22). The first kappa shape index (κ1) is 15.2. The van der Waals surface area contributed by atoms with Crippen LogP contribution in [0.1, 0.15) is 51.1 Å². The Morgan fingerprint density at radius 1 is 1.12 bits per heavy atom. The van der Waals surface area contributed by atoms with Crippen LogP contribution in [0.5, 0.6) is 0 Å². The van der Waals surface area contributed by atoms with Crippen LogP contribution in [0.3, 0.4) is 0 Å². The smallest absolute Gasteiger partial charge is 0.126 e. The maximum Gasteiger partial charge on any atom is 0.126 e. The third-order valence-electron chi connectivity index (χ3n) is 4.87. The van der Waals surface area contributed by atoms with Crippen molar-refractivity contribution in [3.8, 4) is 11.1 Å². The number of anilines is 1. The zero-order valence-electron chi connectivity index (χ0n) is 14.4. The average molecular weight is 320 g/mol. The molecule has 3 heterocycles.